The molecule has 1 unspecified atom stereocenters. The van der Waals surface area contributed by atoms with Crippen molar-refractivity contribution in [2.75, 3.05) is 6.61 Å². The maximum Gasteiger partial charge on any atom is 0.349 e. The van der Waals surface area contributed by atoms with Crippen LogP contribution in [-0.4, -0.2) is 17.7 Å². The van der Waals surface area contributed by atoms with E-state index in [2.05, 4.69) is 24.3 Å². The van der Waals surface area contributed by atoms with Crippen molar-refractivity contribution in [3.63, 3.8) is 0 Å². The molecule has 0 spiro atoms. The molecule has 4 heteroatoms. The zero-order valence-electron chi connectivity index (χ0n) is 11.0. The standard InChI is InChI=1S/C16H16O3S/c17-16(18)15-14(8-9-20-15)19-10-12-6-3-5-11-4-1-2-7-13(11)12/h1-2,4,7-9,12H,3,5-6,10H2,(H,17,18). The summed E-state index contributed by atoms with van der Waals surface area (Å²) in [5.41, 5.74) is 2.75. The minimum atomic E-state index is -0.918. The number of thiophene rings is 1. The number of rotatable bonds is 4. The molecule has 1 N–H and O–H groups in total. The van der Waals surface area contributed by atoms with Gasteiger partial charge in [0.15, 0.2) is 4.88 Å². The van der Waals surface area contributed by atoms with Gasteiger partial charge in [-0.25, -0.2) is 4.79 Å². The number of aryl methyl sites for hydroxylation is 1. The minimum Gasteiger partial charge on any atom is -0.491 e. The average Bonchev–Trinajstić information content (AvgIpc) is 2.93. The van der Waals surface area contributed by atoms with Gasteiger partial charge in [0, 0.05) is 5.92 Å². The maximum absolute atomic E-state index is 11.1. The van der Waals surface area contributed by atoms with Crippen LogP contribution in [0.25, 0.3) is 0 Å². The molecule has 1 aromatic heterocycles. The van der Waals surface area contributed by atoms with E-state index in [1.165, 1.54) is 28.9 Å². The molecule has 3 nitrogen and oxygen atoms in total. The summed E-state index contributed by atoms with van der Waals surface area (Å²) in [5, 5.41) is 10.8. The number of ether oxygens (including phenoxy) is 1. The zero-order chi connectivity index (χ0) is 13.9. The van der Waals surface area contributed by atoms with Crippen LogP contribution in [0.3, 0.4) is 0 Å². The Labute approximate surface area is 121 Å². The number of carboxylic acids is 1. The van der Waals surface area contributed by atoms with Gasteiger partial charge in [0.25, 0.3) is 0 Å². The molecule has 0 saturated carbocycles. The van der Waals surface area contributed by atoms with E-state index in [0.717, 1.165) is 12.8 Å². The van der Waals surface area contributed by atoms with Gasteiger partial charge in [0.05, 0.1) is 6.61 Å². The number of carboxylic acid groups (broad SMARTS) is 1. The van der Waals surface area contributed by atoms with E-state index in [-0.39, 0.29) is 4.88 Å². The number of aromatic carboxylic acids is 1. The first-order valence-electron chi connectivity index (χ1n) is 6.77. The fourth-order valence-electron chi connectivity index (χ4n) is 2.79. The van der Waals surface area contributed by atoms with Crippen molar-refractivity contribution in [3.05, 3.63) is 51.7 Å². The van der Waals surface area contributed by atoms with Crippen LogP contribution in [0, 0.1) is 0 Å². The average molecular weight is 288 g/mol. The van der Waals surface area contributed by atoms with Gasteiger partial charge < -0.3 is 9.84 Å². The molecule has 3 rings (SSSR count). The summed E-state index contributed by atoms with van der Waals surface area (Å²) in [4.78, 5) is 11.3. The molecule has 0 saturated heterocycles. The van der Waals surface area contributed by atoms with E-state index >= 15 is 0 Å². The highest BCUT2D eigenvalue weighted by molar-refractivity contribution is 7.12. The van der Waals surface area contributed by atoms with Crippen molar-refractivity contribution in [2.45, 2.75) is 25.2 Å². The third kappa shape index (κ3) is 2.56. The van der Waals surface area contributed by atoms with Crippen LogP contribution in [0.15, 0.2) is 35.7 Å². The van der Waals surface area contributed by atoms with Gasteiger partial charge in [0.1, 0.15) is 5.75 Å². The normalized spacial score (nSPS) is 17.5. The lowest BCUT2D eigenvalue weighted by Gasteiger charge is -2.25. The van der Waals surface area contributed by atoms with E-state index in [4.69, 9.17) is 9.84 Å². The fourth-order valence-corrected chi connectivity index (χ4v) is 3.46. The van der Waals surface area contributed by atoms with Gasteiger partial charge in [-0.2, -0.15) is 0 Å². The van der Waals surface area contributed by atoms with E-state index in [9.17, 15) is 4.79 Å². The number of carbonyl (C=O) groups is 1. The lowest BCUT2D eigenvalue weighted by molar-refractivity contribution is 0.0697. The van der Waals surface area contributed by atoms with Crippen LogP contribution in [0.1, 0.15) is 39.6 Å². The van der Waals surface area contributed by atoms with Gasteiger partial charge in [-0.1, -0.05) is 24.3 Å². The Bertz CT molecular complexity index is 618. The van der Waals surface area contributed by atoms with Crippen LogP contribution in [-0.2, 0) is 6.42 Å². The van der Waals surface area contributed by atoms with Crippen LogP contribution in [0.5, 0.6) is 5.75 Å². The highest BCUT2D eigenvalue weighted by Gasteiger charge is 2.21. The van der Waals surface area contributed by atoms with E-state index in [1.54, 1.807) is 11.4 Å². The smallest absolute Gasteiger partial charge is 0.349 e. The Balaban J connectivity index is 1.73. The van der Waals surface area contributed by atoms with Crippen LogP contribution in [0.2, 0.25) is 0 Å². The molecule has 1 aliphatic carbocycles. The summed E-state index contributed by atoms with van der Waals surface area (Å²) in [5.74, 6) is -0.0638. The lowest BCUT2D eigenvalue weighted by Crippen LogP contribution is -2.17. The molecule has 0 aliphatic heterocycles. The molecule has 1 aromatic carbocycles. The quantitative estimate of drug-likeness (QED) is 0.926. The number of hydrogen-bond acceptors (Lipinski definition) is 3. The fraction of sp³-hybridized carbons (Fsp3) is 0.312. The van der Waals surface area contributed by atoms with Crippen LogP contribution < -0.4 is 4.74 Å². The summed E-state index contributed by atoms with van der Waals surface area (Å²) < 4.78 is 5.76. The molecule has 0 fully saturated rings. The predicted octanol–water partition coefficient (Wildman–Crippen LogP) is 3.95. The molecule has 0 amide bonds. The second kappa shape index (κ2) is 5.67. The molecular weight excluding hydrogens is 272 g/mol. The second-order valence-corrected chi connectivity index (χ2v) is 5.93. The summed E-state index contributed by atoms with van der Waals surface area (Å²) >= 11 is 1.21. The van der Waals surface area contributed by atoms with E-state index < -0.39 is 5.97 Å². The van der Waals surface area contributed by atoms with Crippen molar-refractivity contribution >= 4 is 17.3 Å². The van der Waals surface area contributed by atoms with Gasteiger partial charge in [-0.05, 0) is 41.8 Å². The van der Waals surface area contributed by atoms with Crippen LogP contribution in [0.4, 0.5) is 0 Å². The largest absolute Gasteiger partial charge is 0.491 e. The number of benzene rings is 1. The number of fused-ring (bicyclic) bond motifs is 1. The molecule has 0 radical (unpaired) electrons. The van der Waals surface area contributed by atoms with Crippen molar-refractivity contribution in [2.24, 2.45) is 0 Å². The van der Waals surface area contributed by atoms with Crippen molar-refractivity contribution in [3.8, 4) is 5.75 Å². The Morgan fingerprint density at radius 1 is 1.35 bits per heavy atom. The Hall–Kier alpha value is -1.81. The van der Waals surface area contributed by atoms with Crippen molar-refractivity contribution in [1.82, 2.24) is 0 Å². The first-order chi connectivity index (χ1) is 9.75. The zero-order valence-corrected chi connectivity index (χ0v) is 11.9. The Morgan fingerprint density at radius 3 is 3.05 bits per heavy atom. The van der Waals surface area contributed by atoms with Crippen molar-refractivity contribution < 1.29 is 14.6 Å². The SMILES string of the molecule is O=C(O)c1sccc1OCC1CCCc2ccccc21. The van der Waals surface area contributed by atoms with E-state index in [0.29, 0.717) is 18.3 Å². The molecule has 1 heterocycles. The first-order valence-corrected chi connectivity index (χ1v) is 7.65. The van der Waals surface area contributed by atoms with Crippen LogP contribution >= 0.6 is 11.3 Å². The topological polar surface area (TPSA) is 46.5 Å². The van der Waals surface area contributed by atoms with E-state index in [1.807, 2.05) is 0 Å². The first kappa shape index (κ1) is 13.2. The van der Waals surface area contributed by atoms with Gasteiger partial charge >= 0.3 is 5.97 Å². The molecule has 0 bridgehead atoms. The summed E-state index contributed by atoms with van der Waals surface area (Å²) in [6.45, 7) is 0.550. The summed E-state index contributed by atoms with van der Waals surface area (Å²) in [6, 6.07) is 10.2. The predicted molar refractivity (Wildman–Crippen MR) is 78.9 cm³/mol. The van der Waals surface area contributed by atoms with Crippen molar-refractivity contribution in [1.29, 1.82) is 0 Å². The maximum atomic E-state index is 11.1. The highest BCUT2D eigenvalue weighted by Crippen LogP contribution is 2.33. The summed E-state index contributed by atoms with van der Waals surface area (Å²) in [6.07, 6.45) is 3.40. The lowest BCUT2D eigenvalue weighted by atomic mass is 9.83. The van der Waals surface area contributed by atoms with Gasteiger partial charge in [-0.15, -0.1) is 11.3 Å². The molecule has 1 aliphatic rings. The van der Waals surface area contributed by atoms with Gasteiger partial charge in [-0.3, -0.25) is 0 Å². The molecule has 20 heavy (non-hydrogen) atoms. The molecular formula is C16H16O3S. The molecule has 104 valence electrons. The van der Waals surface area contributed by atoms with Gasteiger partial charge in [0.2, 0.25) is 0 Å². The Kier molecular flexibility index (Phi) is 3.74. The number of hydrogen-bond donors (Lipinski definition) is 1. The third-order valence-corrected chi connectivity index (χ3v) is 4.64. The monoisotopic (exact) mass is 288 g/mol. The Morgan fingerprint density at radius 2 is 2.20 bits per heavy atom. The third-order valence-electron chi connectivity index (χ3n) is 3.76. The summed E-state index contributed by atoms with van der Waals surface area (Å²) in [7, 11) is 0. The molecule has 2 aromatic rings. The minimum absolute atomic E-state index is 0.286. The second-order valence-electron chi connectivity index (χ2n) is 5.02. The highest BCUT2D eigenvalue weighted by atomic mass is 32.1. The molecule has 1 atom stereocenters.